The number of amides is 1. The van der Waals surface area contributed by atoms with Crippen LogP contribution in [0.1, 0.15) is 68.0 Å². The highest BCUT2D eigenvalue weighted by Gasteiger charge is 2.29. The normalized spacial score (nSPS) is 18.6. The fourth-order valence-electron chi connectivity index (χ4n) is 4.98. The maximum atomic E-state index is 13.9. The minimum atomic E-state index is -0.0426. The molecule has 5 nitrogen and oxygen atoms in total. The molecule has 0 N–H and O–H groups in total. The van der Waals surface area contributed by atoms with Gasteiger partial charge < -0.3 is 4.90 Å². The highest BCUT2D eigenvalue weighted by molar-refractivity contribution is 7.99. The van der Waals surface area contributed by atoms with Crippen molar-refractivity contribution in [3.63, 3.8) is 0 Å². The van der Waals surface area contributed by atoms with Gasteiger partial charge >= 0.3 is 0 Å². The minimum absolute atomic E-state index is 0.0426. The fraction of sp³-hybridized carbons (Fsp3) is 0.519. The molecule has 0 aliphatic carbocycles. The van der Waals surface area contributed by atoms with Crippen LogP contribution in [0.25, 0.3) is 15.9 Å². The molecule has 2 aromatic heterocycles. The van der Waals surface area contributed by atoms with Crippen LogP contribution in [-0.4, -0.2) is 38.2 Å². The topological polar surface area (TPSA) is 55.2 Å². The predicted octanol–water partition coefficient (Wildman–Crippen LogP) is 6.21. The smallest absolute Gasteiger partial charge is 0.267 e. The number of carbonyl (C=O) groups excluding carboxylic acids is 1. The number of aryl methyl sites for hydroxylation is 4. The zero-order chi connectivity index (χ0) is 24.6. The second-order valence-electron chi connectivity index (χ2n) is 9.60. The molecule has 0 radical (unpaired) electrons. The van der Waals surface area contributed by atoms with Gasteiger partial charge in [0.1, 0.15) is 4.83 Å². The molecule has 34 heavy (non-hydrogen) atoms. The summed E-state index contributed by atoms with van der Waals surface area (Å²) in [6.07, 6.45) is 5.24. The third-order valence-corrected chi connectivity index (χ3v) is 9.23. The summed E-state index contributed by atoms with van der Waals surface area (Å²) in [6.45, 7) is 12.6. The number of rotatable bonds is 6. The Hall–Kier alpha value is -2.12. The number of hydrogen-bond donors (Lipinski definition) is 0. The van der Waals surface area contributed by atoms with Crippen LogP contribution in [0.4, 0.5) is 0 Å². The summed E-state index contributed by atoms with van der Waals surface area (Å²) in [5, 5.41) is 1.30. The lowest BCUT2D eigenvalue weighted by atomic mass is 9.98. The maximum absolute atomic E-state index is 13.9. The van der Waals surface area contributed by atoms with Gasteiger partial charge in [-0.2, -0.15) is 0 Å². The summed E-state index contributed by atoms with van der Waals surface area (Å²) in [5.41, 5.74) is 4.11. The van der Waals surface area contributed by atoms with Crippen LogP contribution in [0.3, 0.4) is 0 Å². The summed E-state index contributed by atoms with van der Waals surface area (Å²) in [4.78, 5) is 36.1. The molecule has 1 aliphatic heterocycles. The first-order chi connectivity index (χ1) is 16.2. The fourth-order valence-corrected chi connectivity index (χ4v) is 7.18. The van der Waals surface area contributed by atoms with Gasteiger partial charge in [-0.25, -0.2) is 4.98 Å². The summed E-state index contributed by atoms with van der Waals surface area (Å²) < 4.78 is 1.71. The van der Waals surface area contributed by atoms with Crippen molar-refractivity contribution in [2.45, 2.75) is 90.9 Å². The summed E-state index contributed by atoms with van der Waals surface area (Å²) in [5.74, 6) is 0.406. The number of piperidine rings is 1. The van der Waals surface area contributed by atoms with E-state index in [9.17, 15) is 9.59 Å². The van der Waals surface area contributed by atoms with Crippen molar-refractivity contribution in [3.8, 4) is 5.69 Å². The van der Waals surface area contributed by atoms with Gasteiger partial charge in [-0.1, -0.05) is 31.2 Å². The van der Waals surface area contributed by atoms with Gasteiger partial charge in [0, 0.05) is 17.0 Å². The van der Waals surface area contributed by atoms with Crippen molar-refractivity contribution in [2.75, 3.05) is 5.75 Å². The Morgan fingerprint density at radius 3 is 2.50 bits per heavy atom. The van der Waals surface area contributed by atoms with E-state index in [-0.39, 0.29) is 29.3 Å². The number of thioether (sulfide) groups is 1. The van der Waals surface area contributed by atoms with E-state index in [1.165, 1.54) is 28.6 Å². The molecular formula is C27H35N3O2S2. The number of aromatic nitrogens is 2. The molecule has 7 heteroatoms. The van der Waals surface area contributed by atoms with Crippen LogP contribution in [0, 0.1) is 20.8 Å². The van der Waals surface area contributed by atoms with Gasteiger partial charge in [0.2, 0.25) is 5.91 Å². The van der Waals surface area contributed by atoms with Crippen molar-refractivity contribution in [3.05, 3.63) is 50.1 Å². The lowest BCUT2D eigenvalue weighted by Gasteiger charge is -2.39. The zero-order valence-electron chi connectivity index (χ0n) is 21.1. The summed E-state index contributed by atoms with van der Waals surface area (Å²) in [7, 11) is 0. The monoisotopic (exact) mass is 497 g/mol. The molecule has 1 aromatic carbocycles. The minimum Gasteiger partial charge on any atom is -0.337 e. The molecule has 0 unspecified atom stereocenters. The number of hydrogen-bond acceptors (Lipinski definition) is 5. The lowest BCUT2D eigenvalue weighted by molar-refractivity contribution is -0.134. The van der Waals surface area contributed by atoms with E-state index in [0.717, 1.165) is 47.3 Å². The number of benzene rings is 1. The zero-order valence-corrected chi connectivity index (χ0v) is 22.7. The summed E-state index contributed by atoms with van der Waals surface area (Å²) in [6, 6.07) is 6.57. The van der Waals surface area contributed by atoms with E-state index in [4.69, 9.17) is 4.98 Å². The Bertz CT molecular complexity index is 1270. The molecular weight excluding hydrogens is 462 g/mol. The Kier molecular flexibility index (Phi) is 7.53. The van der Waals surface area contributed by atoms with E-state index < -0.39 is 0 Å². The Morgan fingerprint density at radius 2 is 1.85 bits per heavy atom. The van der Waals surface area contributed by atoms with Crippen molar-refractivity contribution in [2.24, 2.45) is 0 Å². The second-order valence-corrected chi connectivity index (χ2v) is 11.6. The third kappa shape index (κ3) is 4.69. The number of fused-ring (bicyclic) bond motifs is 1. The maximum Gasteiger partial charge on any atom is 0.267 e. The molecule has 0 spiro atoms. The largest absolute Gasteiger partial charge is 0.337 e. The number of likely N-dealkylation sites (tertiary alicyclic amines) is 1. The summed E-state index contributed by atoms with van der Waals surface area (Å²) >= 11 is 3.00. The first kappa shape index (κ1) is 25.0. The lowest BCUT2D eigenvalue weighted by Crippen LogP contribution is -2.48. The molecule has 4 rings (SSSR count). The van der Waals surface area contributed by atoms with Crippen LogP contribution in [0.5, 0.6) is 0 Å². The third-order valence-electron chi connectivity index (χ3n) is 7.06. The van der Waals surface area contributed by atoms with Gasteiger partial charge in [-0.3, -0.25) is 14.2 Å². The number of carbonyl (C=O) groups is 1. The molecule has 0 saturated carbocycles. The van der Waals surface area contributed by atoms with E-state index >= 15 is 0 Å². The highest BCUT2D eigenvalue weighted by atomic mass is 32.2. The van der Waals surface area contributed by atoms with Crippen molar-refractivity contribution >= 4 is 39.2 Å². The van der Waals surface area contributed by atoms with Gasteiger partial charge in [-0.05, 0) is 89.1 Å². The predicted molar refractivity (Wildman–Crippen MR) is 144 cm³/mol. The quantitative estimate of drug-likeness (QED) is 0.300. The van der Waals surface area contributed by atoms with Gasteiger partial charge in [0.15, 0.2) is 5.16 Å². The molecule has 0 bridgehead atoms. The van der Waals surface area contributed by atoms with E-state index in [2.05, 4.69) is 34.6 Å². The van der Waals surface area contributed by atoms with E-state index in [1.54, 1.807) is 15.9 Å². The molecule has 1 aliphatic rings. The van der Waals surface area contributed by atoms with Crippen LogP contribution in [0.2, 0.25) is 0 Å². The van der Waals surface area contributed by atoms with Crippen molar-refractivity contribution < 1.29 is 4.79 Å². The van der Waals surface area contributed by atoms with Gasteiger partial charge in [0.05, 0.1) is 16.8 Å². The first-order valence-electron chi connectivity index (χ1n) is 12.3. The van der Waals surface area contributed by atoms with Crippen LogP contribution >= 0.6 is 23.1 Å². The molecule has 3 aromatic rings. The van der Waals surface area contributed by atoms with E-state index in [1.807, 2.05) is 30.0 Å². The molecule has 3 heterocycles. The Labute approximate surface area is 210 Å². The average Bonchev–Trinajstić information content (AvgIpc) is 3.10. The van der Waals surface area contributed by atoms with Crippen LogP contribution in [0.15, 0.2) is 28.2 Å². The first-order valence-corrected chi connectivity index (χ1v) is 14.1. The van der Waals surface area contributed by atoms with Gasteiger partial charge in [0.25, 0.3) is 5.56 Å². The van der Waals surface area contributed by atoms with Crippen LogP contribution in [-0.2, 0) is 11.2 Å². The number of nitrogens with zero attached hydrogens (tertiary/aromatic N) is 3. The van der Waals surface area contributed by atoms with Crippen molar-refractivity contribution in [1.82, 2.24) is 14.5 Å². The highest BCUT2D eigenvalue weighted by Crippen LogP contribution is 2.32. The molecule has 1 fully saturated rings. The molecule has 1 saturated heterocycles. The van der Waals surface area contributed by atoms with Crippen LogP contribution < -0.4 is 5.56 Å². The average molecular weight is 498 g/mol. The molecule has 2 atom stereocenters. The number of thiophene rings is 1. The molecule has 1 amide bonds. The molecule has 182 valence electrons. The Morgan fingerprint density at radius 1 is 1.15 bits per heavy atom. The second kappa shape index (κ2) is 10.2. The van der Waals surface area contributed by atoms with Crippen molar-refractivity contribution in [1.29, 1.82) is 0 Å². The Balaban J connectivity index is 1.78. The standard InChI is InChI=1S/C27H35N3O2S2/c1-7-9-22-20(6)24-25(34-22)28-27(30(26(24)32)21-13-12-16(2)17(3)14-21)33-15-23(31)29-18(4)10-8-11-19(29)5/h12-14,18-19H,7-11,15H2,1-6H3/t18-,19+. The SMILES string of the molecule is CCCc1sc2nc(SCC(=O)N3[C@H](C)CCC[C@@H]3C)n(-c3ccc(C)c(C)c3)c(=O)c2c1C. The van der Waals surface area contributed by atoms with E-state index in [0.29, 0.717) is 10.5 Å². The van der Waals surface area contributed by atoms with Gasteiger partial charge in [-0.15, -0.1) is 11.3 Å².